The fraction of sp³-hybridized carbons (Fsp3) is 0.615. The number of sulfonamides is 1. The van der Waals surface area contributed by atoms with E-state index in [2.05, 4.69) is 15.0 Å². The number of rotatable bonds is 9. The monoisotopic (exact) mass is 589 g/mol. The molecule has 2 aromatic rings. The summed E-state index contributed by atoms with van der Waals surface area (Å²) in [5, 5.41) is 2.77. The second-order valence-electron chi connectivity index (χ2n) is 11.1. The summed E-state index contributed by atoms with van der Waals surface area (Å²) >= 11 is 7.54. The number of carbonyl (C=O) groups is 1. The summed E-state index contributed by atoms with van der Waals surface area (Å²) < 4.78 is 60.5. The van der Waals surface area contributed by atoms with Crippen LogP contribution in [0.25, 0.3) is 10.4 Å². The van der Waals surface area contributed by atoms with Crippen molar-refractivity contribution in [3.05, 3.63) is 27.9 Å². The Morgan fingerprint density at radius 3 is 2.42 bits per heavy atom. The first kappa shape index (κ1) is 29.2. The Hall–Kier alpha value is -1.82. The molecule has 2 saturated carbocycles. The molecule has 210 valence electrons. The summed E-state index contributed by atoms with van der Waals surface area (Å²) in [7, 11) is -4.14. The zero-order chi connectivity index (χ0) is 27.7. The Labute approximate surface area is 231 Å². The van der Waals surface area contributed by atoms with Crippen LogP contribution in [0, 0.1) is 5.92 Å². The fourth-order valence-corrected chi connectivity index (χ4v) is 7.87. The summed E-state index contributed by atoms with van der Waals surface area (Å²) in [5.74, 6) is -0.387. The van der Waals surface area contributed by atoms with Gasteiger partial charge < -0.3 is 10.1 Å². The van der Waals surface area contributed by atoms with E-state index in [1.54, 1.807) is 20.8 Å². The average Bonchev–Trinajstić information content (AvgIpc) is 3.19. The predicted octanol–water partition coefficient (Wildman–Crippen LogP) is 6.55. The molecule has 2 N–H and O–H groups in total. The van der Waals surface area contributed by atoms with Crippen molar-refractivity contribution in [1.29, 1.82) is 0 Å². The van der Waals surface area contributed by atoms with Crippen molar-refractivity contribution < 1.29 is 26.7 Å². The molecule has 4 rings (SSSR count). The van der Waals surface area contributed by atoms with Gasteiger partial charge in [-0.25, -0.2) is 18.1 Å². The van der Waals surface area contributed by atoms with Gasteiger partial charge in [-0.1, -0.05) is 43.7 Å². The number of aromatic nitrogens is 1. The molecule has 38 heavy (non-hydrogen) atoms. The Morgan fingerprint density at radius 2 is 1.84 bits per heavy atom. The van der Waals surface area contributed by atoms with Gasteiger partial charge in [-0.15, -0.1) is 11.3 Å². The summed E-state index contributed by atoms with van der Waals surface area (Å²) in [6.45, 7) is 1.74. The Morgan fingerprint density at radius 1 is 1.16 bits per heavy atom. The van der Waals surface area contributed by atoms with Crippen molar-refractivity contribution in [2.75, 3.05) is 0 Å². The van der Waals surface area contributed by atoms with Crippen LogP contribution in [0.4, 0.5) is 8.78 Å². The van der Waals surface area contributed by atoms with E-state index in [-0.39, 0.29) is 27.4 Å². The maximum Gasteiger partial charge on any atom is 0.387 e. The van der Waals surface area contributed by atoms with Crippen LogP contribution < -0.4 is 14.8 Å². The number of halogens is 3. The van der Waals surface area contributed by atoms with Gasteiger partial charge in [0.2, 0.25) is 10.0 Å². The summed E-state index contributed by atoms with van der Waals surface area (Å²) in [6.07, 6.45) is 8.92. The van der Waals surface area contributed by atoms with Gasteiger partial charge in [0.15, 0.2) is 10.8 Å². The first-order chi connectivity index (χ1) is 17.8. The molecule has 0 aliphatic heterocycles. The number of benzene rings is 1. The van der Waals surface area contributed by atoms with Gasteiger partial charge in [0, 0.05) is 17.1 Å². The standard InChI is InChI=1S/C26H34ClF2N3O4S2/c1-26(2,3)32-38(34,35)19-13-12-17(21(20(19)27)36-25(28)29)22-18(14-15-8-5-4-6-9-15)31-24(37-22)23(33)30-16-10-7-11-16/h12-13,15-16,25,32H,4-11,14H2,1-3H3,(H,30,33). The largest absolute Gasteiger partial charge is 0.432 e. The van der Waals surface area contributed by atoms with E-state index in [0.717, 1.165) is 56.3 Å². The summed E-state index contributed by atoms with van der Waals surface area (Å²) in [5.41, 5.74) is -0.0201. The van der Waals surface area contributed by atoms with Crippen molar-refractivity contribution >= 4 is 38.9 Å². The van der Waals surface area contributed by atoms with Crippen molar-refractivity contribution in [1.82, 2.24) is 15.0 Å². The normalized spacial score (nSPS) is 17.4. The van der Waals surface area contributed by atoms with Crippen molar-refractivity contribution in [2.45, 2.75) is 102 Å². The smallest absolute Gasteiger partial charge is 0.387 e. The van der Waals surface area contributed by atoms with E-state index in [0.29, 0.717) is 22.9 Å². The minimum absolute atomic E-state index is 0.114. The van der Waals surface area contributed by atoms with Crippen LogP contribution in [0.15, 0.2) is 17.0 Å². The van der Waals surface area contributed by atoms with E-state index in [9.17, 15) is 22.0 Å². The van der Waals surface area contributed by atoms with Crippen LogP contribution in [-0.4, -0.2) is 37.5 Å². The second-order valence-corrected chi connectivity index (χ2v) is 14.1. The lowest BCUT2D eigenvalue weighted by atomic mass is 9.85. The molecule has 0 spiro atoms. The van der Waals surface area contributed by atoms with Crippen molar-refractivity contribution in [3.8, 4) is 16.2 Å². The van der Waals surface area contributed by atoms with Gasteiger partial charge in [0.05, 0.1) is 10.6 Å². The van der Waals surface area contributed by atoms with E-state index >= 15 is 0 Å². The molecule has 0 unspecified atom stereocenters. The van der Waals surface area contributed by atoms with Crippen LogP contribution in [0.5, 0.6) is 5.75 Å². The first-order valence-electron chi connectivity index (χ1n) is 13.0. The van der Waals surface area contributed by atoms with Crippen LogP contribution in [-0.2, 0) is 16.4 Å². The molecule has 1 aromatic carbocycles. The molecule has 12 heteroatoms. The molecule has 0 radical (unpaired) electrons. The predicted molar refractivity (Wildman–Crippen MR) is 145 cm³/mol. The number of carbonyl (C=O) groups excluding carboxylic acids is 1. The highest BCUT2D eigenvalue weighted by Gasteiger charge is 2.31. The number of hydrogen-bond donors (Lipinski definition) is 2. The lowest BCUT2D eigenvalue weighted by molar-refractivity contribution is -0.0495. The number of ether oxygens (including phenoxy) is 1. The SMILES string of the molecule is CC(C)(C)NS(=O)(=O)c1ccc(-c2sc(C(=O)NC3CCC3)nc2CC2CCCCC2)c(OC(F)F)c1Cl. The lowest BCUT2D eigenvalue weighted by Gasteiger charge is -2.25. The zero-order valence-electron chi connectivity index (χ0n) is 21.8. The molecular formula is C26H34ClF2N3O4S2. The third kappa shape index (κ3) is 7.03. The third-order valence-corrected chi connectivity index (χ3v) is 10.2. The van der Waals surface area contributed by atoms with E-state index in [4.69, 9.17) is 16.3 Å². The molecule has 0 saturated heterocycles. The third-order valence-electron chi connectivity index (χ3n) is 6.78. The van der Waals surface area contributed by atoms with Gasteiger partial charge >= 0.3 is 6.61 Å². The minimum atomic E-state index is -4.14. The van der Waals surface area contributed by atoms with E-state index in [1.807, 2.05) is 0 Å². The molecule has 2 fully saturated rings. The van der Waals surface area contributed by atoms with Gasteiger partial charge in [-0.2, -0.15) is 8.78 Å². The van der Waals surface area contributed by atoms with Crippen LogP contribution in [0.2, 0.25) is 5.02 Å². The number of hydrogen-bond acceptors (Lipinski definition) is 6. The van der Waals surface area contributed by atoms with Crippen LogP contribution in [0.3, 0.4) is 0 Å². The summed E-state index contributed by atoms with van der Waals surface area (Å²) in [6, 6.07) is 2.80. The number of amides is 1. The maximum absolute atomic E-state index is 13.6. The minimum Gasteiger partial charge on any atom is -0.432 e. The Balaban J connectivity index is 1.79. The topological polar surface area (TPSA) is 97.4 Å². The van der Waals surface area contributed by atoms with Crippen molar-refractivity contribution in [3.63, 3.8) is 0 Å². The Kier molecular flexibility index (Phi) is 9.01. The highest BCUT2D eigenvalue weighted by atomic mass is 35.5. The molecule has 1 amide bonds. The molecule has 2 aliphatic carbocycles. The van der Waals surface area contributed by atoms with E-state index in [1.165, 1.54) is 18.6 Å². The molecule has 2 aliphatic rings. The van der Waals surface area contributed by atoms with Crippen molar-refractivity contribution in [2.24, 2.45) is 5.92 Å². The van der Waals surface area contributed by atoms with Crippen LogP contribution >= 0.6 is 22.9 Å². The van der Waals surface area contributed by atoms with Gasteiger partial charge in [0.25, 0.3) is 5.91 Å². The van der Waals surface area contributed by atoms with Gasteiger partial charge in [0.1, 0.15) is 9.92 Å². The molecule has 1 heterocycles. The van der Waals surface area contributed by atoms with Gasteiger partial charge in [-0.05, 0) is 64.5 Å². The molecular weight excluding hydrogens is 556 g/mol. The number of nitrogens with zero attached hydrogens (tertiary/aromatic N) is 1. The van der Waals surface area contributed by atoms with Gasteiger partial charge in [-0.3, -0.25) is 4.79 Å². The number of nitrogens with one attached hydrogen (secondary N) is 2. The highest BCUT2D eigenvalue weighted by molar-refractivity contribution is 7.89. The average molecular weight is 590 g/mol. The quantitative estimate of drug-likeness (QED) is 0.346. The van der Waals surface area contributed by atoms with Crippen LogP contribution in [0.1, 0.15) is 87.6 Å². The summed E-state index contributed by atoms with van der Waals surface area (Å²) in [4.78, 5) is 17.7. The molecule has 7 nitrogen and oxygen atoms in total. The number of alkyl halides is 2. The number of thiazole rings is 1. The first-order valence-corrected chi connectivity index (χ1v) is 15.6. The molecule has 1 aromatic heterocycles. The zero-order valence-corrected chi connectivity index (χ0v) is 24.2. The fourth-order valence-electron chi connectivity index (χ4n) is 4.85. The highest BCUT2D eigenvalue weighted by Crippen LogP contribution is 2.45. The molecule has 0 bridgehead atoms. The Bertz CT molecular complexity index is 1270. The maximum atomic E-state index is 13.6. The lowest BCUT2D eigenvalue weighted by Crippen LogP contribution is -2.40. The second kappa shape index (κ2) is 11.7. The van der Waals surface area contributed by atoms with E-state index < -0.39 is 32.9 Å². The molecule has 0 atom stereocenters.